The summed E-state index contributed by atoms with van der Waals surface area (Å²) in [6.07, 6.45) is 0. The normalized spacial score (nSPS) is 16.0. The van der Waals surface area contributed by atoms with Crippen molar-refractivity contribution in [2.75, 3.05) is 7.11 Å². The minimum atomic E-state index is -0.955. The number of hydrogen-bond donors (Lipinski definition) is 0. The van der Waals surface area contributed by atoms with Gasteiger partial charge in [0, 0.05) is 16.7 Å². The Hall–Kier alpha value is -4.85. The summed E-state index contributed by atoms with van der Waals surface area (Å²) in [7, 11) is 0.784. The van der Waals surface area contributed by atoms with E-state index in [1.165, 1.54) is 15.9 Å². The highest BCUT2D eigenvalue weighted by Gasteiger charge is 2.53. The van der Waals surface area contributed by atoms with Gasteiger partial charge in [-0.1, -0.05) is 115 Å². The van der Waals surface area contributed by atoms with Crippen molar-refractivity contribution in [2.45, 2.75) is 5.41 Å². The summed E-state index contributed by atoms with van der Waals surface area (Å²) in [5, 5.41) is 3.80. The number of rotatable bonds is 4. The highest BCUT2D eigenvalue weighted by Crippen LogP contribution is 2.63. The quantitative estimate of drug-likeness (QED) is 0.203. The lowest BCUT2D eigenvalue weighted by Gasteiger charge is -2.46. The third kappa shape index (κ3) is 3.57. The lowest BCUT2D eigenvalue weighted by atomic mass is 9.62. The maximum absolute atomic E-state index is 6.80. The third-order valence-corrected chi connectivity index (χ3v) is 10.7. The second-order valence-corrected chi connectivity index (χ2v) is 12.6. The van der Waals surface area contributed by atoms with Gasteiger partial charge in [0.15, 0.2) is 0 Å². The molecule has 2 aliphatic rings. The molecular formula is C38H27O3P. The van der Waals surface area contributed by atoms with E-state index in [4.69, 9.17) is 14.2 Å². The average Bonchev–Trinajstić information content (AvgIpc) is 3.05. The smallest absolute Gasteiger partial charge is 0.135 e. The van der Waals surface area contributed by atoms with Crippen LogP contribution in [0.2, 0.25) is 0 Å². The van der Waals surface area contributed by atoms with E-state index in [1.54, 1.807) is 7.11 Å². The van der Waals surface area contributed by atoms with Crippen molar-refractivity contribution in [2.24, 2.45) is 0 Å². The van der Waals surface area contributed by atoms with Crippen LogP contribution in [0.4, 0.5) is 0 Å². The van der Waals surface area contributed by atoms with Crippen LogP contribution in [0.5, 0.6) is 28.7 Å². The first-order chi connectivity index (χ1) is 20.8. The van der Waals surface area contributed by atoms with Crippen LogP contribution in [-0.4, -0.2) is 7.11 Å². The summed E-state index contributed by atoms with van der Waals surface area (Å²) in [5.74, 6) is 4.08. The Labute approximate surface area is 246 Å². The topological polar surface area (TPSA) is 27.7 Å². The van der Waals surface area contributed by atoms with E-state index in [9.17, 15) is 0 Å². The fourth-order valence-electron chi connectivity index (χ4n) is 6.66. The van der Waals surface area contributed by atoms with Crippen LogP contribution in [0.15, 0.2) is 146 Å². The van der Waals surface area contributed by atoms with Crippen molar-refractivity contribution in [1.29, 1.82) is 0 Å². The minimum Gasteiger partial charge on any atom is -0.496 e. The molecule has 8 rings (SSSR count). The van der Waals surface area contributed by atoms with Crippen LogP contribution in [0.1, 0.15) is 22.3 Å². The van der Waals surface area contributed by atoms with Crippen molar-refractivity contribution >= 4 is 23.8 Å². The molecular weight excluding hydrogens is 535 g/mol. The molecule has 0 saturated carbocycles. The van der Waals surface area contributed by atoms with Gasteiger partial charge in [-0.05, 0) is 54.2 Å². The highest BCUT2D eigenvalue weighted by molar-refractivity contribution is 7.80. The van der Waals surface area contributed by atoms with E-state index in [0.717, 1.165) is 51.0 Å². The zero-order chi connectivity index (χ0) is 28.1. The van der Waals surface area contributed by atoms with E-state index in [2.05, 4.69) is 115 Å². The van der Waals surface area contributed by atoms with Gasteiger partial charge >= 0.3 is 0 Å². The van der Waals surface area contributed by atoms with Gasteiger partial charge < -0.3 is 14.2 Å². The molecule has 0 N–H and O–H groups in total. The molecule has 1 spiro atoms. The van der Waals surface area contributed by atoms with Gasteiger partial charge in [0.25, 0.3) is 0 Å². The van der Waals surface area contributed by atoms with Crippen LogP contribution in [-0.2, 0) is 5.41 Å². The van der Waals surface area contributed by atoms with Crippen molar-refractivity contribution in [3.05, 3.63) is 168 Å². The number of fused-ring (bicyclic) bond motifs is 8. The molecule has 0 saturated heterocycles. The van der Waals surface area contributed by atoms with Gasteiger partial charge in [-0.2, -0.15) is 0 Å². The molecule has 0 fully saturated rings. The van der Waals surface area contributed by atoms with Gasteiger partial charge in [0.1, 0.15) is 28.7 Å². The number of para-hydroxylation sites is 2. The summed E-state index contributed by atoms with van der Waals surface area (Å²) in [6, 6.07) is 51.1. The molecule has 3 nitrogen and oxygen atoms in total. The van der Waals surface area contributed by atoms with Crippen LogP contribution >= 0.6 is 7.92 Å². The standard InChI is InChI=1S/C38H27O3P/c1-39-32-22-12-23-33-36(32)38(28-18-8-10-20-30(28)40-33)29-19-9-11-21-31(29)41-34-24-13-25-35(37(34)38)42(26-14-4-2-5-15-26)27-16-6-3-7-17-27/h2-25H,1H3. The molecule has 4 heteroatoms. The molecule has 202 valence electrons. The van der Waals surface area contributed by atoms with E-state index in [0.29, 0.717) is 0 Å². The summed E-state index contributed by atoms with van der Waals surface area (Å²) in [5.41, 5.74) is 3.52. The highest BCUT2D eigenvalue weighted by atomic mass is 31.1. The largest absolute Gasteiger partial charge is 0.496 e. The van der Waals surface area contributed by atoms with E-state index < -0.39 is 13.3 Å². The van der Waals surface area contributed by atoms with E-state index >= 15 is 0 Å². The number of benzene rings is 6. The Morgan fingerprint density at radius 2 is 0.952 bits per heavy atom. The molecule has 0 radical (unpaired) electrons. The van der Waals surface area contributed by atoms with Gasteiger partial charge in [-0.15, -0.1) is 0 Å². The predicted molar refractivity (Wildman–Crippen MR) is 170 cm³/mol. The lowest BCUT2D eigenvalue weighted by Crippen LogP contribution is -2.41. The second-order valence-electron chi connectivity index (χ2n) is 10.4. The fraction of sp³-hybridized carbons (Fsp3) is 0.0526. The van der Waals surface area contributed by atoms with E-state index in [-0.39, 0.29) is 0 Å². The second kappa shape index (κ2) is 9.91. The summed E-state index contributed by atoms with van der Waals surface area (Å²) < 4.78 is 19.6. The lowest BCUT2D eigenvalue weighted by molar-refractivity contribution is 0.369. The summed E-state index contributed by atoms with van der Waals surface area (Å²) in [6.45, 7) is 0. The fourth-order valence-corrected chi connectivity index (χ4v) is 9.19. The Morgan fingerprint density at radius 1 is 0.476 bits per heavy atom. The zero-order valence-electron chi connectivity index (χ0n) is 23.0. The van der Waals surface area contributed by atoms with Crippen molar-refractivity contribution in [3.8, 4) is 28.7 Å². The Morgan fingerprint density at radius 3 is 1.52 bits per heavy atom. The molecule has 0 aliphatic carbocycles. The molecule has 2 heterocycles. The Kier molecular flexibility index (Phi) is 5.87. The molecule has 1 atom stereocenters. The molecule has 6 aromatic rings. The predicted octanol–water partition coefficient (Wildman–Crippen LogP) is 8.05. The number of ether oxygens (including phenoxy) is 3. The van der Waals surface area contributed by atoms with Gasteiger partial charge in [-0.25, -0.2) is 0 Å². The third-order valence-electron chi connectivity index (χ3n) is 8.25. The average molecular weight is 563 g/mol. The summed E-state index contributed by atoms with van der Waals surface area (Å²) >= 11 is 0. The van der Waals surface area contributed by atoms with Crippen LogP contribution in [0.3, 0.4) is 0 Å². The molecule has 1 unspecified atom stereocenters. The SMILES string of the molecule is COc1cccc2c1C1(c3ccccc3O2)c2ccccc2Oc2cccc(P(c3ccccc3)c3ccccc3)c21. The molecule has 6 aromatic carbocycles. The first-order valence-corrected chi connectivity index (χ1v) is 15.4. The Balaban J connectivity index is 1.57. The van der Waals surface area contributed by atoms with Crippen molar-refractivity contribution < 1.29 is 14.2 Å². The first kappa shape index (κ1) is 24.9. The number of hydrogen-bond acceptors (Lipinski definition) is 3. The van der Waals surface area contributed by atoms with Crippen LogP contribution < -0.4 is 30.1 Å². The Bertz CT molecular complexity index is 1860. The van der Waals surface area contributed by atoms with Crippen LogP contribution in [0.25, 0.3) is 0 Å². The number of methoxy groups -OCH3 is 1. The zero-order valence-corrected chi connectivity index (χ0v) is 23.9. The maximum atomic E-state index is 6.80. The first-order valence-electron chi connectivity index (χ1n) is 14.1. The van der Waals surface area contributed by atoms with E-state index in [1.807, 2.05) is 30.3 Å². The maximum Gasteiger partial charge on any atom is 0.135 e. The summed E-state index contributed by atoms with van der Waals surface area (Å²) in [4.78, 5) is 0. The van der Waals surface area contributed by atoms with Gasteiger partial charge in [0.2, 0.25) is 0 Å². The van der Waals surface area contributed by atoms with Gasteiger partial charge in [0.05, 0.1) is 18.1 Å². The van der Waals surface area contributed by atoms with Crippen molar-refractivity contribution in [3.63, 3.8) is 0 Å². The minimum absolute atomic E-state index is 0.748. The molecule has 42 heavy (non-hydrogen) atoms. The molecule has 2 aliphatic heterocycles. The monoisotopic (exact) mass is 562 g/mol. The van der Waals surface area contributed by atoms with Gasteiger partial charge in [-0.3, -0.25) is 0 Å². The molecule has 0 amide bonds. The molecule has 0 bridgehead atoms. The molecule has 0 aromatic heterocycles. The van der Waals surface area contributed by atoms with Crippen molar-refractivity contribution in [1.82, 2.24) is 0 Å². The van der Waals surface area contributed by atoms with Crippen LogP contribution in [0, 0.1) is 0 Å².